The summed E-state index contributed by atoms with van der Waals surface area (Å²) in [5, 5.41) is 9.09. The van der Waals surface area contributed by atoms with E-state index in [2.05, 4.69) is 11.8 Å². The Morgan fingerprint density at radius 3 is 2.59 bits per heavy atom. The Bertz CT molecular complexity index is 217. The molecule has 3 atom stereocenters. The van der Waals surface area contributed by atoms with Crippen LogP contribution in [0, 0.1) is 17.8 Å². The Labute approximate surface area is 106 Å². The number of fused-ring (bicyclic) bond motifs is 1. The molecule has 2 nitrogen and oxygen atoms in total. The van der Waals surface area contributed by atoms with Crippen LogP contribution in [0.1, 0.15) is 51.9 Å². The average molecular weight is 239 g/mol. The average Bonchev–Trinajstić information content (AvgIpc) is 2.38. The smallest absolute Gasteiger partial charge is 0.0558 e. The zero-order valence-electron chi connectivity index (χ0n) is 11.4. The fourth-order valence-corrected chi connectivity index (χ4v) is 4.15. The summed E-state index contributed by atoms with van der Waals surface area (Å²) in [6.45, 7) is 5.72. The van der Waals surface area contributed by atoms with Gasteiger partial charge in [0.2, 0.25) is 0 Å². The maximum Gasteiger partial charge on any atom is 0.0558 e. The van der Waals surface area contributed by atoms with E-state index >= 15 is 0 Å². The quantitative estimate of drug-likeness (QED) is 0.797. The van der Waals surface area contributed by atoms with Crippen LogP contribution in [0.4, 0.5) is 0 Å². The first kappa shape index (κ1) is 13.4. The summed E-state index contributed by atoms with van der Waals surface area (Å²) in [6.07, 6.45) is 10.3. The van der Waals surface area contributed by atoms with E-state index in [0.717, 1.165) is 30.8 Å². The Balaban J connectivity index is 1.89. The van der Waals surface area contributed by atoms with Crippen LogP contribution in [-0.4, -0.2) is 36.2 Å². The fraction of sp³-hybridized carbons (Fsp3) is 1.00. The fourth-order valence-electron chi connectivity index (χ4n) is 4.15. The van der Waals surface area contributed by atoms with Crippen molar-refractivity contribution >= 4 is 0 Å². The van der Waals surface area contributed by atoms with Crippen LogP contribution in [-0.2, 0) is 0 Å². The topological polar surface area (TPSA) is 23.5 Å². The van der Waals surface area contributed by atoms with Crippen molar-refractivity contribution in [2.45, 2.75) is 51.9 Å². The van der Waals surface area contributed by atoms with E-state index in [1.807, 2.05) is 0 Å². The highest BCUT2D eigenvalue weighted by molar-refractivity contribution is 4.86. The molecule has 2 aliphatic carbocycles. The van der Waals surface area contributed by atoms with Gasteiger partial charge in [-0.2, -0.15) is 0 Å². The first-order valence-electron chi connectivity index (χ1n) is 7.68. The van der Waals surface area contributed by atoms with Gasteiger partial charge >= 0.3 is 0 Å². The molecule has 0 saturated heterocycles. The molecule has 0 heterocycles. The minimum Gasteiger partial charge on any atom is -0.395 e. The van der Waals surface area contributed by atoms with Gasteiger partial charge in [0.25, 0.3) is 0 Å². The number of hydrogen-bond acceptors (Lipinski definition) is 2. The van der Waals surface area contributed by atoms with Gasteiger partial charge in [0.05, 0.1) is 6.61 Å². The lowest BCUT2D eigenvalue weighted by Gasteiger charge is -2.43. The molecular weight excluding hydrogens is 210 g/mol. The van der Waals surface area contributed by atoms with E-state index < -0.39 is 0 Å². The van der Waals surface area contributed by atoms with Gasteiger partial charge in [-0.1, -0.05) is 39.0 Å². The van der Waals surface area contributed by atoms with Crippen LogP contribution in [0.2, 0.25) is 0 Å². The molecule has 0 aromatic rings. The molecule has 0 aliphatic heterocycles. The van der Waals surface area contributed by atoms with Crippen molar-refractivity contribution in [3.05, 3.63) is 0 Å². The van der Waals surface area contributed by atoms with E-state index in [0.29, 0.717) is 6.61 Å². The van der Waals surface area contributed by atoms with Crippen LogP contribution in [0.15, 0.2) is 0 Å². The molecule has 2 aliphatic rings. The third-order valence-electron chi connectivity index (χ3n) is 5.08. The van der Waals surface area contributed by atoms with Crippen molar-refractivity contribution in [1.82, 2.24) is 4.90 Å². The Morgan fingerprint density at radius 2 is 1.82 bits per heavy atom. The van der Waals surface area contributed by atoms with Crippen molar-refractivity contribution in [3.8, 4) is 0 Å². The van der Waals surface area contributed by atoms with E-state index in [9.17, 15) is 0 Å². The maximum atomic E-state index is 9.09. The molecule has 0 radical (unpaired) electrons. The molecule has 0 spiro atoms. The molecule has 2 saturated carbocycles. The predicted octanol–water partition coefficient (Wildman–Crippen LogP) is 2.91. The third kappa shape index (κ3) is 3.45. The van der Waals surface area contributed by atoms with Gasteiger partial charge in [0.15, 0.2) is 0 Å². The second-order valence-corrected chi connectivity index (χ2v) is 6.02. The third-order valence-corrected chi connectivity index (χ3v) is 5.08. The summed E-state index contributed by atoms with van der Waals surface area (Å²) in [5.74, 6) is 2.96. The van der Waals surface area contributed by atoms with Crippen molar-refractivity contribution in [1.29, 1.82) is 0 Å². The largest absolute Gasteiger partial charge is 0.395 e. The van der Waals surface area contributed by atoms with Gasteiger partial charge in [0, 0.05) is 13.1 Å². The summed E-state index contributed by atoms with van der Waals surface area (Å²) in [6, 6.07) is 0. The number of aliphatic hydroxyl groups excluding tert-OH is 1. The van der Waals surface area contributed by atoms with Crippen LogP contribution < -0.4 is 0 Å². The summed E-state index contributed by atoms with van der Waals surface area (Å²) < 4.78 is 0. The highest BCUT2D eigenvalue weighted by atomic mass is 16.3. The molecule has 0 aromatic carbocycles. The molecule has 2 rings (SSSR count). The summed E-state index contributed by atoms with van der Waals surface area (Å²) in [5.41, 5.74) is 0. The molecular formula is C15H29NO. The number of nitrogens with zero attached hydrogens (tertiary/aromatic N) is 1. The second-order valence-electron chi connectivity index (χ2n) is 6.02. The van der Waals surface area contributed by atoms with E-state index in [-0.39, 0.29) is 0 Å². The Hall–Kier alpha value is -0.0800. The van der Waals surface area contributed by atoms with Crippen LogP contribution in [0.5, 0.6) is 0 Å². The molecule has 0 unspecified atom stereocenters. The number of rotatable bonds is 5. The van der Waals surface area contributed by atoms with Crippen LogP contribution >= 0.6 is 0 Å². The molecule has 1 N–H and O–H groups in total. The van der Waals surface area contributed by atoms with Crippen molar-refractivity contribution in [2.24, 2.45) is 17.8 Å². The van der Waals surface area contributed by atoms with Gasteiger partial charge in [-0.15, -0.1) is 0 Å². The number of aliphatic hydroxyl groups is 1. The zero-order chi connectivity index (χ0) is 12.1. The van der Waals surface area contributed by atoms with Gasteiger partial charge in [-0.3, -0.25) is 0 Å². The molecule has 0 aromatic heterocycles. The highest BCUT2D eigenvalue weighted by Crippen LogP contribution is 2.43. The summed E-state index contributed by atoms with van der Waals surface area (Å²) in [7, 11) is 0. The van der Waals surface area contributed by atoms with Crippen molar-refractivity contribution < 1.29 is 5.11 Å². The standard InChI is InChI=1S/C15H29NO/c1-2-16(10-11-17)12-14-8-5-7-13-6-3-4-9-15(13)14/h13-15,17H,2-12H2,1H3/t13-,14+,15+/m1/s1. The summed E-state index contributed by atoms with van der Waals surface area (Å²) in [4.78, 5) is 2.45. The van der Waals surface area contributed by atoms with Gasteiger partial charge in [-0.25, -0.2) is 0 Å². The lowest BCUT2D eigenvalue weighted by molar-refractivity contribution is 0.0685. The number of hydrogen-bond donors (Lipinski definition) is 1. The SMILES string of the molecule is CCN(CCO)C[C@@H]1CCC[C@H]2CCCC[C@@H]21. The highest BCUT2D eigenvalue weighted by Gasteiger charge is 2.35. The van der Waals surface area contributed by atoms with E-state index in [1.165, 1.54) is 51.5 Å². The van der Waals surface area contributed by atoms with Gasteiger partial charge < -0.3 is 10.0 Å². The van der Waals surface area contributed by atoms with Gasteiger partial charge in [0.1, 0.15) is 0 Å². The molecule has 17 heavy (non-hydrogen) atoms. The molecule has 0 amide bonds. The predicted molar refractivity (Wildman–Crippen MR) is 72.0 cm³/mol. The van der Waals surface area contributed by atoms with Crippen molar-refractivity contribution in [2.75, 3.05) is 26.2 Å². The minimum absolute atomic E-state index is 0.314. The number of likely N-dealkylation sites (N-methyl/N-ethyl adjacent to an activating group) is 1. The minimum atomic E-state index is 0.314. The second kappa shape index (κ2) is 6.75. The molecule has 2 heteroatoms. The monoisotopic (exact) mass is 239 g/mol. The Kier molecular flexibility index (Phi) is 5.30. The molecule has 2 fully saturated rings. The lowest BCUT2D eigenvalue weighted by Crippen LogP contribution is -2.40. The zero-order valence-corrected chi connectivity index (χ0v) is 11.4. The lowest BCUT2D eigenvalue weighted by atomic mass is 9.65. The van der Waals surface area contributed by atoms with Crippen LogP contribution in [0.25, 0.3) is 0 Å². The molecule has 100 valence electrons. The first-order valence-corrected chi connectivity index (χ1v) is 7.68. The molecule has 0 bridgehead atoms. The Morgan fingerprint density at radius 1 is 1.06 bits per heavy atom. The van der Waals surface area contributed by atoms with Crippen LogP contribution in [0.3, 0.4) is 0 Å². The van der Waals surface area contributed by atoms with E-state index in [4.69, 9.17) is 5.11 Å². The van der Waals surface area contributed by atoms with Gasteiger partial charge in [-0.05, 0) is 37.1 Å². The van der Waals surface area contributed by atoms with E-state index in [1.54, 1.807) is 0 Å². The van der Waals surface area contributed by atoms with Crippen molar-refractivity contribution in [3.63, 3.8) is 0 Å². The maximum absolute atomic E-state index is 9.09. The summed E-state index contributed by atoms with van der Waals surface area (Å²) >= 11 is 0. The normalized spacial score (nSPS) is 33.7. The first-order chi connectivity index (χ1) is 8.35.